The molecule has 0 saturated heterocycles. The number of nitrogens with one attached hydrogen (secondary N) is 1. The maximum Gasteiger partial charge on any atom is 0.233 e. The number of hydrogen-bond acceptors (Lipinski definition) is 2. The van der Waals surface area contributed by atoms with Crippen LogP contribution in [-0.2, 0) is 11.2 Å². The largest absolute Gasteiger partial charge is 0.310 e. The molecule has 2 aromatic carbocycles. The maximum atomic E-state index is 12.9. The summed E-state index contributed by atoms with van der Waals surface area (Å²) in [6.07, 6.45) is 2.41. The highest BCUT2D eigenvalue weighted by molar-refractivity contribution is 5.95. The minimum atomic E-state index is -0.253. The molecule has 1 aromatic heterocycles. The lowest BCUT2D eigenvalue weighted by atomic mass is 9.91. The Labute approximate surface area is 142 Å². The summed E-state index contributed by atoms with van der Waals surface area (Å²) in [4.78, 5) is 17.1. The van der Waals surface area contributed by atoms with Gasteiger partial charge in [-0.2, -0.15) is 0 Å². The molecule has 3 heteroatoms. The zero-order valence-electron chi connectivity index (χ0n) is 13.6. The fraction of sp³-hybridized carbons (Fsp3) is 0.143. The minimum absolute atomic E-state index is 0.0404. The Morgan fingerprint density at radius 3 is 2.25 bits per heavy atom. The molecule has 1 heterocycles. The molecule has 0 spiro atoms. The van der Waals surface area contributed by atoms with Crippen LogP contribution in [0.2, 0.25) is 0 Å². The van der Waals surface area contributed by atoms with Gasteiger partial charge in [0.05, 0.1) is 5.92 Å². The third-order valence-corrected chi connectivity index (χ3v) is 3.96. The summed E-state index contributed by atoms with van der Waals surface area (Å²) in [6, 6.07) is 23.7. The molecule has 1 atom stereocenters. The van der Waals surface area contributed by atoms with Gasteiger partial charge < -0.3 is 5.32 Å². The Hall–Kier alpha value is -2.94. The van der Waals surface area contributed by atoms with Crippen LogP contribution in [0.1, 0.15) is 22.6 Å². The minimum Gasteiger partial charge on any atom is -0.310 e. The quantitative estimate of drug-likeness (QED) is 0.760. The van der Waals surface area contributed by atoms with Crippen LogP contribution in [0.15, 0.2) is 79.0 Å². The Morgan fingerprint density at radius 1 is 0.958 bits per heavy atom. The molecule has 120 valence electrons. The number of amides is 1. The lowest BCUT2D eigenvalue weighted by Gasteiger charge is -2.17. The molecule has 3 aromatic rings. The molecule has 0 aliphatic carbocycles. The van der Waals surface area contributed by atoms with Crippen molar-refractivity contribution in [3.8, 4) is 0 Å². The van der Waals surface area contributed by atoms with E-state index in [1.165, 1.54) is 0 Å². The van der Waals surface area contributed by atoms with E-state index in [0.29, 0.717) is 12.2 Å². The highest BCUT2D eigenvalue weighted by Crippen LogP contribution is 2.22. The molecule has 0 fully saturated rings. The normalized spacial score (nSPS) is 11.7. The number of hydrogen-bond donors (Lipinski definition) is 1. The van der Waals surface area contributed by atoms with Gasteiger partial charge in [-0.05, 0) is 36.1 Å². The van der Waals surface area contributed by atoms with Crippen LogP contribution in [0.3, 0.4) is 0 Å². The monoisotopic (exact) mass is 316 g/mol. The van der Waals surface area contributed by atoms with Crippen molar-refractivity contribution in [3.63, 3.8) is 0 Å². The topological polar surface area (TPSA) is 42.0 Å². The van der Waals surface area contributed by atoms with E-state index >= 15 is 0 Å². The van der Waals surface area contributed by atoms with Crippen LogP contribution in [0.25, 0.3) is 0 Å². The lowest BCUT2D eigenvalue weighted by molar-refractivity contribution is -0.117. The zero-order chi connectivity index (χ0) is 16.8. The van der Waals surface area contributed by atoms with Gasteiger partial charge in [0, 0.05) is 6.20 Å². The first-order valence-corrected chi connectivity index (χ1v) is 8.05. The Bertz CT molecular complexity index is 783. The van der Waals surface area contributed by atoms with Crippen LogP contribution in [0, 0.1) is 6.92 Å². The van der Waals surface area contributed by atoms with E-state index in [0.717, 1.165) is 16.7 Å². The number of benzene rings is 2. The molecule has 1 unspecified atom stereocenters. The van der Waals surface area contributed by atoms with Gasteiger partial charge in [-0.3, -0.25) is 4.79 Å². The summed E-state index contributed by atoms with van der Waals surface area (Å²) in [6.45, 7) is 1.97. The van der Waals surface area contributed by atoms with E-state index in [1.54, 1.807) is 6.20 Å². The predicted molar refractivity (Wildman–Crippen MR) is 96.9 cm³/mol. The summed E-state index contributed by atoms with van der Waals surface area (Å²) >= 11 is 0. The molecular formula is C21H20N2O. The van der Waals surface area contributed by atoms with Gasteiger partial charge in [-0.25, -0.2) is 4.98 Å². The Morgan fingerprint density at radius 2 is 1.62 bits per heavy atom. The van der Waals surface area contributed by atoms with Crippen LogP contribution in [0.5, 0.6) is 0 Å². The Balaban J connectivity index is 1.83. The van der Waals surface area contributed by atoms with E-state index < -0.39 is 0 Å². The molecular weight excluding hydrogens is 296 g/mol. The third kappa shape index (κ3) is 4.07. The average molecular weight is 316 g/mol. The van der Waals surface area contributed by atoms with E-state index in [-0.39, 0.29) is 11.8 Å². The fourth-order valence-electron chi connectivity index (χ4n) is 2.65. The first-order valence-electron chi connectivity index (χ1n) is 8.05. The van der Waals surface area contributed by atoms with Crippen LogP contribution >= 0.6 is 0 Å². The number of aromatic nitrogens is 1. The van der Waals surface area contributed by atoms with Crippen molar-refractivity contribution in [1.29, 1.82) is 0 Å². The van der Waals surface area contributed by atoms with E-state index in [4.69, 9.17) is 0 Å². The second-order valence-corrected chi connectivity index (χ2v) is 5.86. The van der Waals surface area contributed by atoms with E-state index in [9.17, 15) is 4.79 Å². The number of rotatable bonds is 5. The SMILES string of the molecule is Cc1ccc(NC(=O)C(Cc2ccccc2)c2ccccc2)nc1. The highest BCUT2D eigenvalue weighted by atomic mass is 16.1. The van der Waals surface area contributed by atoms with Gasteiger partial charge in [0.25, 0.3) is 0 Å². The average Bonchev–Trinajstić information content (AvgIpc) is 2.63. The van der Waals surface area contributed by atoms with Crippen LogP contribution in [-0.4, -0.2) is 10.9 Å². The summed E-state index contributed by atoms with van der Waals surface area (Å²) < 4.78 is 0. The molecule has 3 rings (SSSR count). The molecule has 0 saturated carbocycles. The van der Waals surface area contributed by atoms with Gasteiger partial charge >= 0.3 is 0 Å². The second kappa shape index (κ2) is 7.55. The molecule has 24 heavy (non-hydrogen) atoms. The Kier molecular flexibility index (Phi) is 5.02. The van der Waals surface area contributed by atoms with Gasteiger partial charge in [-0.15, -0.1) is 0 Å². The van der Waals surface area contributed by atoms with E-state index in [2.05, 4.69) is 10.3 Å². The van der Waals surface area contributed by atoms with Gasteiger partial charge in [0.1, 0.15) is 5.82 Å². The summed E-state index contributed by atoms with van der Waals surface area (Å²) in [5, 5.41) is 2.94. The van der Waals surface area contributed by atoms with Crippen molar-refractivity contribution < 1.29 is 4.79 Å². The molecule has 3 nitrogen and oxygen atoms in total. The number of nitrogens with zero attached hydrogens (tertiary/aromatic N) is 1. The predicted octanol–water partition coefficient (Wildman–Crippen LogP) is 4.36. The van der Waals surface area contributed by atoms with Crippen molar-refractivity contribution in [2.75, 3.05) is 5.32 Å². The number of anilines is 1. The molecule has 0 radical (unpaired) electrons. The highest BCUT2D eigenvalue weighted by Gasteiger charge is 2.21. The molecule has 0 aliphatic rings. The van der Waals surface area contributed by atoms with Crippen LogP contribution in [0.4, 0.5) is 5.82 Å². The molecule has 1 amide bonds. The first kappa shape index (κ1) is 15.9. The first-order chi connectivity index (χ1) is 11.7. The van der Waals surface area contributed by atoms with Crippen molar-refractivity contribution in [1.82, 2.24) is 4.98 Å². The maximum absolute atomic E-state index is 12.9. The van der Waals surface area contributed by atoms with Gasteiger partial charge in [-0.1, -0.05) is 66.7 Å². The zero-order valence-corrected chi connectivity index (χ0v) is 13.6. The van der Waals surface area contributed by atoms with Crippen LogP contribution < -0.4 is 5.32 Å². The summed E-state index contributed by atoms with van der Waals surface area (Å²) in [7, 11) is 0. The van der Waals surface area contributed by atoms with E-state index in [1.807, 2.05) is 79.7 Å². The van der Waals surface area contributed by atoms with Gasteiger partial charge in [0.15, 0.2) is 0 Å². The summed E-state index contributed by atoms with van der Waals surface area (Å²) in [5.74, 6) is 0.290. The number of carbonyl (C=O) groups is 1. The molecule has 1 N–H and O–H groups in total. The number of pyridine rings is 1. The van der Waals surface area contributed by atoms with Crippen molar-refractivity contribution >= 4 is 11.7 Å². The second-order valence-electron chi connectivity index (χ2n) is 5.86. The third-order valence-electron chi connectivity index (χ3n) is 3.96. The fourth-order valence-corrected chi connectivity index (χ4v) is 2.65. The smallest absolute Gasteiger partial charge is 0.233 e. The van der Waals surface area contributed by atoms with Crippen molar-refractivity contribution in [2.24, 2.45) is 0 Å². The lowest BCUT2D eigenvalue weighted by Crippen LogP contribution is -2.23. The van der Waals surface area contributed by atoms with Crippen molar-refractivity contribution in [2.45, 2.75) is 19.3 Å². The summed E-state index contributed by atoms with van der Waals surface area (Å²) in [5.41, 5.74) is 3.21. The molecule has 0 bridgehead atoms. The van der Waals surface area contributed by atoms with Gasteiger partial charge in [0.2, 0.25) is 5.91 Å². The standard InChI is InChI=1S/C21H20N2O/c1-16-12-13-20(22-15-16)23-21(24)19(18-10-6-3-7-11-18)14-17-8-4-2-5-9-17/h2-13,15,19H,14H2,1H3,(H,22,23,24). The number of aryl methyl sites for hydroxylation is 1. The molecule has 0 aliphatic heterocycles. The number of carbonyl (C=O) groups excluding carboxylic acids is 1. The van der Waals surface area contributed by atoms with Crippen molar-refractivity contribution in [3.05, 3.63) is 95.7 Å².